The van der Waals surface area contributed by atoms with Crippen molar-refractivity contribution in [1.29, 1.82) is 0 Å². The summed E-state index contributed by atoms with van der Waals surface area (Å²) in [6, 6.07) is 8.23. The summed E-state index contributed by atoms with van der Waals surface area (Å²) in [5.74, 6) is 0.0632. The number of fused-ring (bicyclic) bond motifs is 2. The number of aromatic hydroxyl groups is 2. The van der Waals surface area contributed by atoms with Crippen molar-refractivity contribution in [3.63, 3.8) is 0 Å². The number of amides is 1. The number of carbonyl (C=O) groups excluding carboxylic acids is 1. The molecule has 0 radical (unpaired) electrons. The Kier molecular flexibility index (Phi) is 2.14. The minimum Gasteiger partial charge on any atom is -0.508 e. The number of ether oxygens (including phenoxy) is 1. The van der Waals surface area contributed by atoms with Gasteiger partial charge in [0.2, 0.25) is 0 Å². The van der Waals surface area contributed by atoms with Crippen molar-refractivity contribution in [2.24, 2.45) is 0 Å². The van der Waals surface area contributed by atoms with Gasteiger partial charge in [0.25, 0.3) is 5.91 Å². The van der Waals surface area contributed by atoms with Crippen LogP contribution >= 0.6 is 0 Å². The van der Waals surface area contributed by atoms with Crippen LogP contribution in [0.25, 0.3) is 21.5 Å². The summed E-state index contributed by atoms with van der Waals surface area (Å²) < 4.78 is 5.15. The van der Waals surface area contributed by atoms with E-state index in [1.807, 2.05) is 6.07 Å². The third kappa shape index (κ3) is 1.43. The summed E-state index contributed by atoms with van der Waals surface area (Å²) in [5.41, 5.74) is 1.11. The van der Waals surface area contributed by atoms with Crippen LogP contribution in [0.2, 0.25) is 0 Å². The third-order valence-corrected chi connectivity index (χ3v) is 3.85. The molecule has 5 nitrogen and oxygen atoms in total. The molecule has 3 N–H and O–H groups in total. The van der Waals surface area contributed by atoms with Crippen LogP contribution in [0.5, 0.6) is 17.2 Å². The molecule has 0 saturated carbocycles. The lowest BCUT2D eigenvalue weighted by atomic mass is 9.97. The van der Waals surface area contributed by atoms with E-state index in [-0.39, 0.29) is 23.2 Å². The Labute approximate surface area is 119 Å². The topological polar surface area (TPSA) is 78.8 Å². The Hall–Kier alpha value is -2.95. The first kappa shape index (κ1) is 11.8. The van der Waals surface area contributed by atoms with Gasteiger partial charge in [0.15, 0.2) is 11.5 Å². The van der Waals surface area contributed by atoms with Gasteiger partial charge in [0.1, 0.15) is 5.75 Å². The number of benzene rings is 3. The first-order valence-corrected chi connectivity index (χ1v) is 6.41. The van der Waals surface area contributed by atoms with Crippen molar-refractivity contribution in [3.8, 4) is 17.2 Å². The van der Waals surface area contributed by atoms with Gasteiger partial charge in [0.05, 0.1) is 18.4 Å². The number of hydrogen-bond acceptors (Lipinski definition) is 4. The molecular formula is C16H11NO4. The summed E-state index contributed by atoms with van der Waals surface area (Å²) in [7, 11) is 1.43. The predicted octanol–water partition coefficient (Wildman–Crippen LogP) is 2.98. The van der Waals surface area contributed by atoms with E-state index < -0.39 is 0 Å². The second kappa shape index (κ2) is 3.79. The number of hydrogen-bond donors (Lipinski definition) is 3. The van der Waals surface area contributed by atoms with Crippen LogP contribution in [-0.4, -0.2) is 23.2 Å². The fourth-order valence-electron chi connectivity index (χ4n) is 2.93. The second-order valence-electron chi connectivity index (χ2n) is 5.01. The molecule has 1 aliphatic heterocycles. The molecule has 0 aromatic heterocycles. The normalized spacial score (nSPS) is 12.9. The standard InChI is InChI=1S/C16H11NO4/c1-21-12-6-10-13-11(17-16(10)20)4-7-2-3-8(18)5-9(7)14(13)15(12)19/h2-6,18-19H,1H3,(H,17,20). The zero-order valence-corrected chi connectivity index (χ0v) is 11.1. The Morgan fingerprint density at radius 1 is 1.10 bits per heavy atom. The highest BCUT2D eigenvalue weighted by molar-refractivity contribution is 6.30. The van der Waals surface area contributed by atoms with Gasteiger partial charge in [0, 0.05) is 10.8 Å². The highest BCUT2D eigenvalue weighted by Crippen LogP contribution is 2.47. The molecule has 0 atom stereocenters. The van der Waals surface area contributed by atoms with Crippen molar-refractivity contribution < 1.29 is 19.7 Å². The molecule has 104 valence electrons. The van der Waals surface area contributed by atoms with Crippen LogP contribution in [0.4, 0.5) is 5.69 Å². The van der Waals surface area contributed by atoms with E-state index in [9.17, 15) is 15.0 Å². The molecule has 0 aliphatic carbocycles. The summed E-state index contributed by atoms with van der Waals surface area (Å²) in [6.45, 7) is 0. The number of rotatable bonds is 1. The van der Waals surface area contributed by atoms with E-state index in [2.05, 4.69) is 5.32 Å². The van der Waals surface area contributed by atoms with Gasteiger partial charge < -0.3 is 20.3 Å². The molecule has 1 heterocycles. The third-order valence-electron chi connectivity index (χ3n) is 3.85. The lowest BCUT2D eigenvalue weighted by Gasteiger charge is -2.11. The molecule has 0 fully saturated rings. The predicted molar refractivity (Wildman–Crippen MR) is 79.3 cm³/mol. The fourth-order valence-corrected chi connectivity index (χ4v) is 2.93. The lowest BCUT2D eigenvalue weighted by molar-refractivity contribution is 0.103. The van der Waals surface area contributed by atoms with Gasteiger partial charge in [-0.25, -0.2) is 0 Å². The van der Waals surface area contributed by atoms with E-state index in [0.717, 1.165) is 5.39 Å². The number of carbonyl (C=O) groups is 1. The van der Waals surface area contributed by atoms with Gasteiger partial charge in [-0.15, -0.1) is 0 Å². The van der Waals surface area contributed by atoms with Crippen molar-refractivity contribution in [1.82, 2.24) is 0 Å². The Balaban J connectivity index is 2.33. The van der Waals surface area contributed by atoms with Crippen LogP contribution in [-0.2, 0) is 0 Å². The maximum Gasteiger partial charge on any atom is 0.256 e. The van der Waals surface area contributed by atoms with Gasteiger partial charge in [-0.1, -0.05) is 6.07 Å². The molecule has 0 bridgehead atoms. The average Bonchev–Trinajstić information content (AvgIpc) is 2.77. The summed E-state index contributed by atoms with van der Waals surface area (Å²) in [6.07, 6.45) is 0. The highest BCUT2D eigenvalue weighted by atomic mass is 16.5. The van der Waals surface area contributed by atoms with E-state index >= 15 is 0 Å². The minimum absolute atomic E-state index is 0.0369. The molecule has 3 aromatic rings. The van der Waals surface area contributed by atoms with Crippen LogP contribution < -0.4 is 10.1 Å². The molecule has 0 saturated heterocycles. The zero-order valence-electron chi connectivity index (χ0n) is 11.1. The van der Waals surface area contributed by atoms with Crippen molar-refractivity contribution in [2.45, 2.75) is 0 Å². The van der Waals surface area contributed by atoms with Crippen LogP contribution in [0.3, 0.4) is 0 Å². The zero-order chi connectivity index (χ0) is 14.7. The Morgan fingerprint density at radius 3 is 2.67 bits per heavy atom. The Bertz CT molecular complexity index is 946. The first-order valence-electron chi connectivity index (χ1n) is 6.41. The number of nitrogens with one attached hydrogen (secondary N) is 1. The number of methoxy groups -OCH3 is 1. The number of phenolic OH excluding ortho intramolecular Hbond substituents is 2. The highest BCUT2D eigenvalue weighted by Gasteiger charge is 2.27. The molecule has 1 aliphatic rings. The fraction of sp³-hybridized carbons (Fsp3) is 0.0625. The molecule has 21 heavy (non-hydrogen) atoms. The quantitative estimate of drug-likeness (QED) is 0.599. The van der Waals surface area contributed by atoms with Crippen molar-refractivity contribution >= 4 is 33.1 Å². The van der Waals surface area contributed by atoms with E-state index in [4.69, 9.17) is 4.74 Å². The molecule has 5 heteroatoms. The smallest absolute Gasteiger partial charge is 0.256 e. The minimum atomic E-state index is -0.229. The molecule has 3 aromatic carbocycles. The van der Waals surface area contributed by atoms with Crippen LogP contribution in [0.1, 0.15) is 10.4 Å². The van der Waals surface area contributed by atoms with E-state index in [1.165, 1.54) is 13.2 Å². The molecule has 0 spiro atoms. The maximum absolute atomic E-state index is 12.1. The van der Waals surface area contributed by atoms with E-state index in [1.54, 1.807) is 18.2 Å². The number of anilines is 1. The Morgan fingerprint density at radius 2 is 1.90 bits per heavy atom. The molecule has 1 amide bonds. The maximum atomic E-state index is 12.1. The number of phenols is 2. The molecular weight excluding hydrogens is 270 g/mol. The van der Waals surface area contributed by atoms with Gasteiger partial charge in [-0.05, 0) is 35.0 Å². The summed E-state index contributed by atoms with van der Waals surface area (Å²) >= 11 is 0. The average molecular weight is 281 g/mol. The van der Waals surface area contributed by atoms with Gasteiger partial charge in [-0.3, -0.25) is 4.79 Å². The SMILES string of the molecule is COc1cc2c3c(cc4ccc(O)cc4c3c1O)NC2=O. The van der Waals surface area contributed by atoms with Gasteiger partial charge in [-0.2, -0.15) is 0 Å². The van der Waals surface area contributed by atoms with Crippen molar-refractivity contribution in [2.75, 3.05) is 12.4 Å². The van der Waals surface area contributed by atoms with Gasteiger partial charge >= 0.3 is 0 Å². The van der Waals surface area contributed by atoms with Crippen LogP contribution in [0.15, 0.2) is 30.3 Å². The lowest BCUT2D eigenvalue weighted by Crippen LogP contribution is -2.04. The summed E-state index contributed by atoms with van der Waals surface area (Å²) in [5, 5.41) is 25.6. The second-order valence-corrected chi connectivity index (χ2v) is 5.01. The summed E-state index contributed by atoms with van der Waals surface area (Å²) in [4.78, 5) is 12.1. The molecule has 0 unspecified atom stereocenters. The largest absolute Gasteiger partial charge is 0.508 e. The van der Waals surface area contributed by atoms with Crippen molar-refractivity contribution in [3.05, 3.63) is 35.9 Å². The van der Waals surface area contributed by atoms with Crippen LogP contribution in [0, 0.1) is 0 Å². The molecule has 4 rings (SSSR count). The first-order chi connectivity index (χ1) is 10.1. The monoisotopic (exact) mass is 281 g/mol. The van der Waals surface area contributed by atoms with E-state index in [0.29, 0.717) is 27.4 Å².